The van der Waals surface area contributed by atoms with Gasteiger partial charge in [0, 0.05) is 4.91 Å². The maximum Gasteiger partial charge on any atom is 0.573 e. The first-order valence-electron chi connectivity index (χ1n) is 3.84. The van der Waals surface area contributed by atoms with Crippen LogP contribution in [0.3, 0.4) is 0 Å². The molecule has 0 aliphatic heterocycles. The third-order valence-electron chi connectivity index (χ3n) is 1.49. The van der Waals surface area contributed by atoms with Gasteiger partial charge in [-0.25, -0.2) is 0 Å². The molecule has 1 aromatic rings. The Morgan fingerprint density at radius 3 is 2.60 bits per heavy atom. The zero-order chi connectivity index (χ0) is 11.5. The fourth-order valence-corrected chi connectivity index (χ4v) is 0.965. The highest BCUT2D eigenvalue weighted by molar-refractivity contribution is 5.53. The van der Waals surface area contributed by atoms with Crippen LogP contribution in [-0.4, -0.2) is 6.36 Å². The summed E-state index contributed by atoms with van der Waals surface area (Å²) in [5, 5.41) is 3.11. The number of rotatable bonds is 2. The number of aryl methyl sites for hydroxylation is 1. The zero-order valence-corrected chi connectivity index (χ0v) is 7.62. The molecule has 0 fully saturated rings. The van der Waals surface area contributed by atoms with Gasteiger partial charge in [-0.05, 0) is 24.6 Å². The van der Waals surface area contributed by atoms with Crippen LogP contribution in [0.1, 0.15) is 5.56 Å². The van der Waals surface area contributed by atoms with Crippen molar-refractivity contribution in [2.45, 2.75) is 13.3 Å². The number of azide groups is 1. The topological polar surface area (TPSA) is 58.0 Å². The van der Waals surface area contributed by atoms with Gasteiger partial charge >= 0.3 is 6.36 Å². The highest BCUT2D eigenvalue weighted by Gasteiger charge is 2.31. The Morgan fingerprint density at radius 1 is 1.40 bits per heavy atom. The van der Waals surface area contributed by atoms with E-state index >= 15 is 0 Å². The van der Waals surface area contributed by atoms with Crippen molar-refractivity contribution in [1.82, 2.24) is 0 Å². The van der Waals surface area contributed by atoms with E-state index in [1.165, 1.54) is 12.1 Å². The van der Waals surface area contributed by atoms with Gasteiger partial charge < -0.3 is 4.74 Å². The minimum atomic E-state index is -4.80. The van der Waals surface area contributed by atoms with Crippen LogP contribution in [0.25, 0.3) is 10.4 Å². The van der Waals surface area contributed by atoms with Crippen molar-refractivity contribution in [3.8, 4) is 5.75 Å². The van der Waals surface area contributed by atoms with E-state index < -0.39 is 12.1 Å². The predicted octanol–water partition coefficient (Wildman–Crippen LogP) is 3.84. The number of nitrogens with zero attached hydrogens (tertiary/aromatic N) is 3. The van der Waals surface area contributed by atoms with Gasteiger partial charge in [0.1, 0.15) is 5.75 Å². The van der Waals surface area contributed by atoms with Gasteiger partial charge in [-0.2, -0.15) is 0 Å². The smallest absolute Gasteiger partial charge is 0.405 e. The van der Waals surface area contributed by atoms with Gasteiger partial charge in [0.15, 0.2) is 0 Å². The Morgan fingerprint density at radius 2 is 2.07 bits per heavy atom. The average molecular weight is 217 g/mol. The number of halogens is 3. The van der Waals surface area contributed by atoms with Crippen molar-refractivity contribution in [2.75, 3.05) is 0 Å². The van der Waals surface area contributed by atoms with Crippen molar-refractivity contribution < 1.29 is 17.9 Å². The van der Waals surface area contributed by atoms with E-state index in [1.54, 1.807) is 6.92 Å². The van der Waals surface area contributed by atoms with Gasteiger partial charge in [-0.3, -0.25) is 0 Å². The minimum absolute atomic E-state index is 0.185. The molecule has 1 rings (SSSR count). The fourth-order valence-electron chi connectivity index (χ4n) is 0.965. The van der Waals surface area contributed by atoms with Crippen LogP contribution in [0.15, 0.2) is 23.3 Å². The van der Waals surface area contributed by atoms with E-state index in [4.69, 9.17) is 5.53 Å². The SMILES string of the molecule is Cc1ccc(OC(F)(F)F)c(N=[N+]=[N-])c1. The molecule has 0 heterocycles. The molecule has 0 aliphatic rings. The first kappa shape index (κ1) is 11.2. The van der Waals surface area contributed by atoms with Gasteiger partial charge in [0.05, 0.1) is 5.69 Å². The molecule has 0 saturated heterocycles. The van der Waals surface area contributed by atoms with Crippen molar-refractivity contribution in [3.05, 3.63) is 34.2 Å². The molecule has 0 N–H and O–H groups in total. The lowest BCUT2D eigenvalue weighted by molar-refractivity contribution is -0.274. The van der Waals surface area contributed by atoms with E-state index in [0.29, 0.717) is 5.56 Å². The second-order valence-electron chi connectivity index (χ2n) is 2.71. The Hall–Kier alpha value is -1.88. The quantitative estimate of drug-likeness (QED) is 0.421. The van der Waals surface area contributed by atoms with Crippen LogP contribution in [0.4, 0.5) is 18.9 Å². The molecule has 0 aliphatic carbocycles. The van der Waals surface area contributed by atoms with Crippen molar-refractivity contribution >= 4 is 5.69 Å². The molecule has 4 nitrogen and oxygen atoms in total. The lowest BCUT2D eigenvalue weighted by Crippen LogP contribution is -2.17. The van der Waals surface area contributed by atoms with Gasteiger partial charge in [-0.15, -0.1) is 13.2 Å². The van der Waals surface area contributed by atoms with Gasteiger partial charge in [0.25, 0.3) is 0 Å². The van der Waals surface area contributed by atoms with E-state index in [9.17, 15) is 13.2 Å². The lowest BCUT2D eigenvalue weighted by Gasteiger charge is -2.10. The molecular formula is C8H6F3N3O. The molecule has 80 valence electrons. The van der Waals surface area contributed by atoms with Crippen molar-refractivity contribution in [2.24, 2.45) is 5.11 Å². The van der Waals surface area contributed by atoms with Gasteiger partial charge in [0.2, 0.25) is 0 Å². The second kappa shape index (κ2) is 4.10. The van der Waals surface area contributed by atoms with Crippen LogP contribution in [-0.2, 0) is 0 Å². The van der Waals surface area contributed by atoms with Crippen molar-refractivity contribution in [1.29, 1.82) is 0 Å². The molecule has 0 spiro atoms. The summed E-state index contributed by atoms with van der Waals surface area (Å²) in [5.74, 6) is -0.508. The highest BCUT2D eigenvalue weighted by atomic mass is 19.4. The molecule has 0 unspecified atom stereocenters. The third kappa shape index (κ3) is 3.40. The Kier molecular flexibility index (Phi) is 3.06. The minimum Gasteiger partial charge on any atom is -0.405 e. The normalized spacial score (nSPS) is 10.7. The number of benzene rings is 1. The average Bonchev–Trinajstić information content (AvgIpc) is 2.08. The summed E-state index contributed by atoms with van der Waals surface area (Å²) >= 11 is 0. The van der Waals surface area contributed by atoms with Crippen LogP contribution < -0.4 is 4.74 Å². The van der Waals surface area contributed by atoms with Crippen LogP contribution >= 0.6 is 0 Å². The molecule has 0 saturated carbocycles. The Labute approximate surface area is 82.9 Å². The first-order valence-corrected chi connectivity index (χ1v) is 3.84. The molecule has 0 radical (unpaired) electrons. The van der Waals surface area contributed by atoms with Crippen LogP contribution in [0, 0.1) is 6.92 Å². The molecule has 0 bridgehead atoms. The maximum atomic E-state index is 11.9. The third-order valence-corrected chi connectivity index (χ3v) is 1.49. The lowest BCUT2D eigenvalue weighted by atomic mass is 10.2. The summed E-state index contributed by atoms with van der Waals surface area (Å²) in [6, 6.07) is 3.84. The van der Waals surface area contributed by atoms with E-state index in [0.717, 1.165) is 6.07 Å². The van der Waals surface area contributed by atoms with Crippen molar-refractivity contribution in [3.63, 3.8) is 0 Å². The van der Waals surface area contributed by atoms with Gasteiger partial charge in [-0.1, -0.05) is 16.7 Å². The monoisotopic (exact) mass is 217 g/mol. The molecular weight excluding hydrogens is 211 g/mol. The van der Waals surface area contributed by atoms with E-state index in [1.807, 2.05) is 0 Å². The van der Waals surface area contributed by atoms with Crippen LogP contribution in [0.5, 0.6) is 5.75 Å². The number of alkyl halides is 3. The summed E-state index contributed by atoms with van der Waals surface area (Å²) < 4.78 is 39.4. The number of hydrogen-bond donors (Lipinski definition) is 0. The summed E-state index contributed by atoms with van der Waals surface area (Å²) in [6.45, 7) is 1.66. The Bertz CT molecular complexity index is 410. The molecule has 0 amide bonds. The Balaban J connectivity index is 3.11. The standard InChI is InChI=1S/C8H6F3N3O/c1-5-2-3-7(15-8(9,10)11)6(4-5)13-14-12/h2-4H,1H3. The molecule has 0 atom stereocenters. The second-order valence-corrected chi connectivity index (χ2v) is 2.71. The molecule has 0 aromatic heterocycles. The molecule has 15 heavy (non-hydrogen) atoms. The summed E-state index contributed by atoms with van der Waals surface area (Å²) in [7, 11) is 0. The zero-order valence-electron chi connectivity index (χ0n) is 7.62. The molecule has 7 heteroatoms. The maximum absolute atomic E-state index is 11.9. The number of ether oxygens (including phenoxy) is 1. The fraction of sp³-hybridized carbons (Fsp3) is 0.250. The number of hydrogen-bond acceptors (Lipinski definition) is 2. The summed E-state index contributed by atoms with van der Waals surface area (Å²) in [6.07, 6.45) is -4.80. The largest absolute Gasteiger partial charge is 0.573 e. The summed E-state index contributed by atoms with van der Waals surface area (Å²) in [5.41, 5.74) is 8.64. The van der Waals surface area contributed by atoms with E-state index in [-0.39, 0.29) is 5.69 Å². The highest BCUT2D eigenvalue weighted by Crippen LogP contribution is 2.33. The molecule has 1 aromatic carbocycles. The first-order chi connectivity index (χ1) is 6.92. The summed E-state index contributed by atoms with van der Waals surface area (Å²) in [4.78, 5) is 2.42. The predicted molar refractivity (Wildman–Crippen MR) is 46.7 cm³/mol. The van der Waals surface area contributed by atoms with Crippen LogP contribution in [0.2, 0.25) is 0 Å². The van der Waals surface area contributed by atoms with E-state index in [2.05, 4.69) is 14.8 Å².